The molecule has 0 bridgehead atoms. The van der Waals surface area contributed by atoms with E-state index >= 15 is 0 Å². The highest BCUT2D eigenvalue weighted by atomic mass is 32.2. The second-order valence-corrected chi connectivity index (χ2v) is 7.35. The van der Waals surface area contributed by atoms with Crippen molar-refractivity contribution in [2.45, 2.75) is 25.7 Å². The molecule has 29 heavy (non-hydrogen) atoms. The predicted octanol–water partition coefficient (Wildman–Crippen LogP) is 3.01. The van der Waals surface area contributed by atoms with E-state index in [1.165, 1.54) is 37.3 Å². The molecule has 0 aliphatic rings. The second kappa shape index (κ2) is 9.33. The van der Waals surface area contributed by atoms with Crippen molar-refractivity contribution in [2.24, 2.45) is 0 Å². The van der Waals surface area contributed by atoms with E-state index in [1.807, 2.05) is 0 Å². The summed E-state index contributed by atoms with van der Waals surface area (Å²) in [6, 6.07) is 8.72. The Balaban J connectivity index is 2.42. The van der Waals surface area contributed by atoms with Crippen molar-refractivity contribution in [3.8, 4) is 5.75 Å². The van der Waals surface area contributed by atoms with Gasteiger partial charge in [-0.2, -0.15) is 8.42 Å². The molecule has 0 atom stereocenters. The molecule has 0 aromatic heterocycles. The lowest BCUT2D eigenvalue weighted by atomic mass is 10.1. The second-order valence-electron chi connectivity index (χ2n) is 5.81. The standard InChI is InChI=1S/C20H20O8S/c1-4-26-19(22)15-10-16(20(23)27-5-2)12-17(11-15)28-29(24,25)18-8-6-14(7-9-18)13(3)21/h6-12H,4-5H2,1-3H3. The van der Waals surface area contributed by atoms with Crippen LogP contribution in [0.25, 0.3) is 0 Å². The molecular weight excluding hydrogens is 400 g/mol. The molecule has 0 unspecified atom stereocenters. The van der Waals surface area contributed by atoms with Crippen molar-refractivity contribution >= 4 is 27.8 Å². The van der Waals surface area contributed by atoms with Gasteiger partial charge in [0.25, 0.3) is 0 Å². The van der Waals surface area contributed by atoms with Crippen LogP contribution < -0.4 is 4.18 Å². The first kappa shape index (κ1) is 22.1. The summed E-state index contributed by atoms with van der Waals surface area (Å²) < 4.78 is 40.0. The molecule has 0 amide bonds. The summed E-state index contributed by atoms with van der Waals surface area (Å²) in [7, 11) is -4.28. The summed E-state index contributed by atoms with van der Waals surface area (Å²) in [6.45, 7) is 4.77. The van der Waals surface area contributed by atoms with Crippen LogP contribution >= 0.6 is 0 Å². The highest BCUT2D eigenvalue weighted by molar-refractivity contribution is 7.87. The minimum atomic E-state index is -4.28. The van der Waals surface area contributed by atoms with Crippen LogP contribution in [0.5, 0.6) is 5.75 Å². The Kier molecular flexibility index (Phi) is 7.11. The number of Topliss-reactive ketones (excluding diaryl/α,β-unsaturated/α-hetero) is 1. The van der Waals surface area contributed by atoms with Crippen LogP contribution in [-0.4, -0.2) is 39.4 Å². The molecule has 9 heteroatoms. The molecule has 8 nitrogen and oxygen atoms in total. The van der Waals surface area contributed by atoms with Crippen molar-refractivity contribution in [3.63, 3.8) is 0 Å². The zero-order chi connectivity index (χ0) is 21.6. The topological polar surface area (TPSA) is 113 Å². The Bertz CT molecular complexity index is 987. The number of rotatable bonds is 8. The van der Waals surface area contributed by atoms with Crippen molar-refractivity contribution in [3.05, 3.63) is 59.2 Å². The molecule has 0 spiro atoms. The van der Waals surface area contributed by atoms with Crippen LogP contribution in [-0.2, 0) is 19.6 Å². The molecule has 0 saturated heterocycles. The molecule has 0 radical (unpaired) electrons. The number of carbonyl (C=O) groups excluding carboxylic acids is 3. The first-order valence-corrected chi connectivity index (χ1v) is 10.1. The number of carbonyl (C=O) groups is 3. The average Bonchev–Trinajstić information content (AvgIpc) is 2.67. The zero-order valence-electron chi connectivity index (χ0n) is 16.1. The molecule has 2 aromatic rings. The first-order valence-electron chi connectivity index (χ1n) is 8.72. The van der Waals surface area contributed by atoms with Crippen LogP contribution in [0.2, 0.25) is 0 Å². The Morgan fingerprint density at radius 3 is 1.69 bits per heavy atom. The van der Waals surface area contributed by atoms with Crippen LogP contribution in [0.15, 0.2) is 47.4 Å². The average molecular weight is 420 g/mol. The van der Waals surface area contributed by atoms with Gasteiger partial charge >= 0.3 is 22.1 Å². The number of esters is 2. The quantitative estimate of drug-likeness (QED) is 0.364. The molecule has 0 fully saturated rings. The van der Waals surface area contributed by atoms with Crippen molar-refractivity contribution in [2.75, 3.05) is 13.2 Å². The summed E-state index contributed by atoms with van der Waals surface area (Å²) in [6.07, 6.45) is 0. The van der Waals surface area contributed by atoms with E-state index in [-0.39, 0.29) is 40.8 Å². The van der Waals surface area contributed by atoms with Gasteiger partial charge in [0.05, 0.1) is 24.3 Å². The van der Waals surface area contributed by atoms with Crippen LogP contribution in [0.4, 0.5) is 0 Å². The number of hydrogen-bond acceptors (Lipinski definition) is 8. The van der Waals surface area contributed by atoms with Crippen LogP contribution in [0, 0.1) is 0 Å². The maximum absolute atomic E-state index is 12.6. The third-order valence-corrected chi connectivity index (χ3v) is 4.95. The minimum Gasteiger partial charge on any atom is -0.462 e. The summed E-state index contributed by atoms with van der Waals surface area (Å²) in [4.78, 5) is 35.3. The molecule has 2 aromatic carbocycles. The summed E-state index contributed by atoms with van der Waals surface area (Å²) in [5, 5.41) is 0. The third kappa shape index (κ3) is 5.64. The van der Waals surface area contributed by atoms with Gasteiger partial charge in [-0.25, -0.2) is 9.59 Å². The molecule has 0 aliphatic heterocycles. The highest BCUT2D eigenvalue weighted by Gasteiger charge is 2.21. The molecule has 0 saturated carbocycles. The van der Waals surface area contributed by atoms with Gasteiger partial charge in [-0.3, -0.25) is 4.79 Å². The number of ether oxygens (including phenoxy) is 2. The minimum absolute atomic E-state index is 0.0606. The molecule has 0 N–H and O–H groups in total. The van der Waals surface area contributed by atoms with Crippen LogP contribution in [0.1, 0.15) is 51.8 Å². The molecule has 154 valence electrons. The SMILES string of the molecule is CCOC(=O)c1cc(OS(=O)(=O)c2ccc(C(C)=O)cc2)cc(C(=O)OCC)c1. The number of benzene rings is 2. The Morgan fingerprint density at radius 2 is 1.28 bits per heavy atom. The van der Waals surface area contributed by atoms with Gasteiger partial charge in [0.1, 0.15) is 10.6 Å². The van der Waals surface area contributed by atoms with E-state index in [2.05, 4.69) is 0 Å². The fourth-order valence-corrected chi connectivity index (χ4v) is 3.26. The van der Waals surface area contributed by atoms with Gasteiger partial charge < -0.3 is 13.7 Å². The fourth-order valence-electron chi connectivity index (χ4n) is 2.34. The van der Waals surface area contributed by atoms with Gasteiger partial charge in [-0.1, -0.05) is 12.1 Å². The van der Waals surface area contributed by atoms with Crippen molar-refractivity contribution in [1.29, 1.82) is 0 Å². The largest absolute Gasteiger partial charge is 0.462 e. The monoisotopic (exact) mass is 420 g/mol. The summed E-state index contributed by atoms with van der Waals surface area (Å²) in [5.74, 6) is -1.95. The normalized spacial score (nSPS) is 10.9. The zero-order valence-corrected chi connectivity index (χ0v) is 16.9. The van der Waals surface area contributed by atoms with E-state index in [4.69, 9.17) is 13.7 Å². The van der Waals surface area contributed by atoms with E-state index in [0.717, 1.165) is 12.1 Å². The van der Waals surface area contributed by atoms with E-state index < -0.39 is 22.1 Å². The van der Waals surface area contributed by atoms with E-state index in [9.17, 15) is 22.8 Å². The predicted molar refractivity (Wildman–Crippen MR) is 103 cm³/mol. The lowest BCUT2D eigenvalue weighted by molar-refractivity contribution is 0.0524. The summed E-state index contributed by atoms with van der Waals surface area (Å²) in [5.41, 5.74) is 0.224. The maximum atomic E-state index is 12.6. The molecular formula is C20H20O8S. The lowest BCUT2D eigenvalue weighted by Crippen LogP contribution is -2.13. The fraction of sp³-hybridized carbons (Fsp3) is 0.250. The van der Waals surface area contributed by atoms with E-state index in [1.54, 1.807) is 13.8 Å². The van der Waals surface area contributed by atoms with Gasteiger partial charge in [-0.15, -0.1) is 0 Å². The van der Waals surface area contributed by atoms with Crippen LogP contribution in [0.3, 0.4) is 0 Å². The third-order valence-electron chi connectivity index (χ3n) is 3.68. The van der Waals surface area contributed by atoms with Gasteiger partial charge in [0.2, 0.25) is 0 Å². The maximum Gasteiger partial charge on any atom is 0.339 e. The number of ketones is 1. The van der Waals surface area contributed by atoms with Gasteiger partial charge in [0, 0.05) is 5.56 Å². The Labute approximate surface area is 168 Å². The Morgan fingerprint density at radius 1 is 0.793 bits per heavy atom. The summed E-state index contributed by atoms with van der Waals surface area (Å²) >= 11 is 0. The van der Waals surface area contributed by atoms with Gasteiger partial charge in [0.15, 0.2) is 5.78 Å². The molecule has 2 rings (SSSR count). The molecule has 0 aliphatic carbocycles. The van der Waals surface area contributed by atoms with Gasteiger partial charge in [-0.05, 0) is 51.1 Å². The first-order chi connectivity index (χ1) is 13.7. The molecule has 0 heterocycles. The van der Waals surface area contributed by atoms with E-state index in [0.29, 0.717) is 5.56 Å². The number of hydrogen-bond donors (Lipinski definition) is 0. The van der Waals surface area contributed by atoms with Crippen molar-refractivity contribution < 1.29 is 36.5 Å². The highest BCUT2D eigenvalue weighted by Crippen LogP contribution is 2.23. The Hall–Kier alpha value is -3.20. The lowest BCUT2D eigenvalue weighted by Gasteiger charge is -2.11. The smallest absolute Gasteiger partial charge is 0.339 e. The van der Waals surface area contributed by atoms with Crippen molar-refractivity contribution in [1.82, 2.24) is 0 Å².